The van der Waals surface area contributed by atoms with Gasteiger partial charge in [0.15, 0.2) is 6.10 Å². The maximum absolute atomic E-state index is 12.6. The number of allylic oxidation sites excluding steroid dienone is 4. The van der Waals surface area contributed by atoms with E-state index in [-0.39, 0.29) is 19.4 Å². The van der Waals surface area contributed by atoms with Crippen LogP contribution >= 0.6 is 7.82 Å². The summed E-state index contributed by atoms with van der Waals surface area (Å²) in [6.07, 6.45) is 39.9. The molecule has 1 unspecified atom stereocenters. The number of hydrogen-bond acceptors (Lipinski definition) is 9. The Morgan fingerprint density at radius 2 is 0.891 bits per heavy atom. The molecule has 0 aliphatic heterocycles. The zero-order chi connectivity index (χ0) is 40.5. The normalized spacial score (nSPS) is 14.1. The van der Waals surface area contributed by atoms with Gasteiger partial charge in [-0.25, -0.2) is 4.57 Å². The summed E-state index contributed by atoms with van der Waals surface area (Å²) in [6, 6.07) is 0. The fourth-order valence-corrected chi connectivity index (χ4v) is 6.89. The summed E-state index contributed by atoms with van der Waals surface area (Å²) in [5, 5.41) is 18.3. The van der Waals surface area contributed by atoms with Gasteiger partial charge in [0.2, 0.25) is 0 Å². The summed E-state index contributed by atoms with van der Waals surface area (Å²) in [7, 11) is -4.62. The van der Waals surface area contributed by atoms with Crippen molar-refractivity contribution in [3.05, 3.63) is 24.3 Å². The van der Waals surface area contributed by atoms with Gasteiger partial charge in [-0.2, -0.15) is 0 Å². The highest BCUT2D eigenvalue weighted by atomic mass is 31.2. The van der Waals surface area contributed by atoms with E-state index in [0.29, 0.717) is 12.8 Å². The molecule has 0 bridgehead atoms. The van der Waals surface area contributed by atoms with Crippen LogP contribution in [0.1, 0.15) is 206 Å². The topological polar surface area (TPSA) is 149 Å². The minimum atomic E-state index is -4.62. The van der Waals surface area contributed by atoms with Gasteiger partial charge in [-0.05, 0) is 64.2 Å². The van der Waals surface area contributed by atoms with Crippen LogP contribution in [0.3, 0.4) is 0 Å². The Labute approximate surface area is 336 Å². The van der Waals surface area contributed by atoms with Crippen LogP contribution in [0, 0.1) is 0 Å². The molecule has 11 heteroatoms. The number of rotatable bonds is 42. The smallest absolute Gasteiger partial charge is 0.462 e. The predicted octanol–water partition coefficient (Wildman–Crippen LogP) is 11.8. The lowest BCUT2D eigenvalue weighted by Gasteiger charge is -2.20. The van der Waals surface area contributed by atoms with Gasteiger partial charge in [0.1, 0.15) is 12.7 Å². The number of hydrogen-bond donors (Lipinski definition) is 3. The van der Waals surface area contributed by atoms with E-state index in [1.54, 1.807) is 0 Å². The number of esters is 2. The average Bonchev–Trinajstić information content (AvgIpc) is 3.17. The summed E-state index contributed by atoms with van der Waals surface area (Å²) >= 11 is 0. The van der Waals surface area contributed by atoms with Gasteiger partial charge in [-0.3, -0.25) is 18.6 Å². The summed E-state index contributed by atoms with van der Waals surface area (Å²) < 4.78 is 32.7. The van der Waals surface area contributed by atoms with Crippen molar-refractivity contribution >= 4 is 19.8 Å². The fraction of sp³-hybridized carbons (Fsp3) is 0.864. The van der Waals surface area contributed by atoms with Gasteiger partial charge in [-0.15, -0.1) is 0 Å². The lowest BCUT2D eigenvalue weighted by molar-refractivity contribution is -0.161. The number of carbonyl (C=O) groups excluding carboxylic acids is 2. The standard InChI is InChI=1S/C44H83O10P/c1-3-5-7-9-11-13-15-17-19-20-22-23-25-27-29-31-33-35-43(47)51-39-42(40-53-55(49,50)52-38-41(46)37-45)54-44(48)36-34-32-30-28-26-24-21-18-16-14-12-10-8-6-4-2/h17-19,21,41-42,45-46H,3-16,20,22-40H2,1-2H3,(H,49,50)/b19-17+,21-18+/t41-,42+/m0/s1. The molecule has 3 atom stereocenters. The molecule has 0 aliphatic rings. The highest BCUT2D eigenvalue weighted by Crippen LogP contribution is 2.43. The van der Waals surface area contributed by atoms with Crippen LogP contribution < -0.4 is 0 Å². The van der Waals surface area contributed by atoms with E-state index in [2.05, 4.69) is 38.2 Å². The molecule has 0 heterocycles. The molecule has 0 aromatic carbocycles. The average molecular weight is 803 g/mol. The molecule has 324 valence electrons. The molecule has 0 rings (SSSR count). The minimum Gasteiger partial charge on any atom is -0.462 e. The zero-order valence-corrected chi connectivity index (χ0v) is 36.0. The van der Waals surface area contributed by atoms with Crippen LogP contribution in [0.15, 0.2) is 24.3 Å². The van der Waals surface area contributed by atoms with Crippen molar-refractivity contribution in [2.45, 2.75) is 219 Å². The number of phosphoric ester groups is 1. The number of ether oxygens (including phenoxy) is 2. The first-order valence-corrected chi connectivity index (χ1v) is 23.8. The van der Waals surface area contributed by atoms with Gasteiger partial charge in [-0.1, -0.05) is 154 Å². The number of carbonyl (C=O) groups is 2. The van der Waals surface area contributed by atoms with E-state index in [1.165, 1.54) is 103 Å². The minimum absolute atomic E-state index is 0.175. The van der Waals surface area contributed by atoms with Crippen molar-refractivity contribution in [2.24, 2.45) is 0 Å². The second-order valence-corrected chi connectivity index (χ2v) is 16.5. The zero-order valence-electron chi connectivity index (χ0n) is 35.2. The van der Waals surface area contributed by atoms with Crippen molar-refractivity contribution < 1.29 is 47.8 Å². The molecule has 0 saturated heterocycles. The summed E-state index contributed by atoms with van der Waals surface area (Å²) in [4.78, 5) is 35.0. The molecule has 0 aliphatic carbocycles. The molecular formula is C44H83O10P. The van der Waals surface area contributed by atoms with Crippen LogP contribution in [0.5, 0.6) is 0 Å². The Morgan fingerprint density at radius 1 is 0.527 bits per heavy atom. The molecule has 0 fully saturated rings. The number of unbranched alkanes of at least 4 members (excludes halogenated alkanes) is 24. The van der Waals surface area contributed by atoms with E-state index in [4.69, 9.17) is 23.6 Å². The fourth-order valence-electron chi connectivity index (χ4n) is 6.10. The van der Waals surface area contributed by atoms with Crippen molar-refractivity contribution in [2.75, 3.05) is 26.4 Å². The maximum atomic E-state index is 12.6. The molecule has 0 aromatic rings. The van der Waals surface area contributed by atoms with E-state index in [9.17, 15) is 24.2 Å². The van der Waals surface area contributed by atoms with Gasteiger partial charge >= 0.3 is 19.8 Å². The van der Waals surface area contributed by atoms with Gasteiger partial charge in [0, 0.05) is 12.8 Å². The Bertz CT molecular complexity index is 972. The van der Waals surface area contributed by atoms with E-state index in [0.717, 1.165) is 64.2 Å². The molecule has 10 nitrogen and oxygen atoms in total. The van der Waals surface area contributed by atoms with Crippen LogP contribution in [0.2, 0.25) is 0 Å². The summed E-state index contributed by atoms with van der Waals surface area (Å²) in [5.41, 5.74) is 0. The van der Waals surface area contributed by atoms with E-state index in [1.807, 2.05) is 0 Å². The third-order valence-corrected chi connectivity index (χ3v) is 10.5. The molecule has 3 N–H and O–H groups in total. The monoisotopic (exact) mass is 803 g/mol. The number of aliphatic hydroxyl groups excluding tert-OH is 2. The predicted molar refractivity (Wildman–Crippen MR) is 224 cm³/mol. The van der Waals surface area contributed by atoms with Gasteiger partial charge < -0.3 is 24.6 Å². The lowest BCUT2D eigenvalue weighted by atomic mass is 10.1. The number of phosphoric acid groups is 1. The van der Waals surface area contributed by atoms with Gasteiger partial charge in [0.05, 0.1) is 19.8 Å². The maximum Gasteiger partial charge on any atom is 0.472 e. The molecule has 0 aromatic heterocycles. The molecule has 0 amide bonds. The number of aliphatic hydroxyl groups is 2. The molecule has 0 radical (unpaired) electrons. The van der Waals surface area contributed by atoms with Crippen molar-refractivity contribution in [3.63, 3.8) is 0 Å². The first-order chi connectivity index (χ1) is 26.7. The quantitative estimate of drug-likeness (QED) is 0.0236. The Morgan fingerprint density at radius 3 is 1.31 bits per heavy atom. The SMILES string of the molecule is CCCCCCCC/C=C/CCCCCCCCCC(=O)OC[C@H](COP(=O)(O)OC[C@@H](O)CO)OC(=O)CCCCCCC/C=C/CCCCCCCC. The Hall–Kier alpha value is -1.55. The second-order valence-electron chi connectivity index (χ2n) is 15.1. The van der Waals surface area contributed by atoms with Gasteiger partial charge in [0.25, 0.3) is 0 Å². The largest absolute Gasteiger partial charge is 0.472 e. The summed E-state index contributed by atoms with van der Waals surface area (Å²) in [6.45, 7) is 2.37. The van der Waals surface area contributed by atoms with Crippen LogP contribution in [0.4, 0.5) is 0 Å². The second kappa shape index (κ2) is 40.6. The lowest BCUT2D eigenvalue weighted by Crippen LogP contribution is -2.29. The van der Waals surface area contributed by atoms with Crippen LogP contribution in [0.25, 0.3) is 0 Å². The van der Waals surface area contributed by atoms with E-state index < -0.39 is 51.8 Å². The summed E-state index contributed by atoms with van der Waals surface area (Å²) in [5.74, 6) is -0.934. The van der Waals surface area contributed by atoms with Crippen molar-refractivity contribution in [3.8, 4) is 0 Å². The molecule has 0 saturated carbocycles. The Balaban J connectivity index is 4.28. The highest BCUT2D eigenvalue weighted by Gasteiger charge is 2.27. The first-order valence-electron chi connectivity index (χ1n) is 22.3. The highest BCUT2D eigenvalue weighted by molar-refractivity contribution is 7.47. The van der Waals surface area contributed by atoms with Crippen LogP contribution in [-0.2, 0) is 32.7 Å². The van der Waals surface area contributed by atoms with E-state index >= 15 is 0 Å². The first kappa shape index (κ1) is 53.5. The third-order valence-electron chi connectivity index (χ3n) is 9.58. The third kappa shape index (κ3) is 40.4. The molecular weight excluding hydrogens is 719 g/mol. The molecule has 0 spiro atoms. The molecule has 55 heavy (non-hydrogen) atoms. The van der Waals surface area contributed by atoms with Crippen molar-refractivity contribution in [1.82, 2.24) is 0 Å². The Kier molecular flexibility index (Phi) is 39.5. The van der Waals surface area contributed by atoms with Crippen molar-refractivity contribution in [1.29, 1.82) is 0 Å². The van der Waals surface area contributed by atoms with Crippen LogP contribution in [-0.4, -0.2) is 65.7 Å².